The van der Waals surface area contributed by atoms with Gasteiger partial charge in [-0.2, -0.15) is 0 Å². The molecule has 0 aromatic carbocycles. The van der Waals surface area contributed by atoms with Crippen LogP contribution < -0.4 is 0 Å². The second-order valence-corrected chi connectivity index (χ2v) is 2.33. The smallest absolute Gasteiger partial charge is 0.218 e. The van der Waals surface area contributed by atoms with Crippen LogP contribution in [0.2, 0.25) is 0 Å². The Kier molecular flexibility index (Phi) is 1.86. The quantitative estimate of drug-likeness (QED) is 0.490. The van der Waals surface area contributed by atoms with Crippen molar-refractivity contribution in [3.05, 3.63) is 0 Å². The monoisotopic (exact) mass is 132 g/mol. The Bertz CT molecular complexity index is 96.4. The zero-order valence-electron chi connectivity index (χ0n) is 4.43. The van der Waals surface area contributed by atoms with Gasteiger partial charge < -0.3 is 0 Å². The third-order valence-corrected chi connectivity index (χ3v) is 1.73. The molecule has 3 heteroatoms. The van der Waals surface area contributed by atoms with Gasteiger partial charge >= 0.3 is 0 Å². The highest BCUT2D eigenvalue weighted by atomic mass is 35.5. The molecular formula is C5H7ClNO. The van der Waals surface area contributed by atoms with E-state index in [0.29, 0.717) is 0 Å². The van der Waals surface area contributed by atoms with E-state index in [1.807, 2.05) is 6.29 Å². The molecule has 1 saturated heterocycles. The van der Waals surface area contributed by atoms with E-state index in [2.05, 4.69) is 0 Å². The van der Waals surface area contributed by atoms with E-state index in [1.165, 1.54) is 4.42 Å². The largest absolute Gasteiger partial charge is 0.289 e. The van der Waals surface area contributed by atoms with E-state index in [1.54, 1.807) is 0 Å². The summed E-state index contributed by atoms with van der Waals surface area (Å²) < 4.78 is 1.51. The van der Waals surface area contributed by atoms with Crippen LogP contribution in [-0.2, 0) is 4.79 Å². The minimum Gasteiger partial charge on any atom is -0.289 e. The van der Waals surface area contributed by atoms with E-state index in [-0.39, 0.29) is 6.04 Å². The summed E-state index contributed by atoms with van der Waals surface area (Å²) in [6.07, 6.45) is 3.74. The Morgan fingerprint density at radius 1 is 1.75 bits per heavy atom. The van der Waals surface area contributed by atoms with Gasteiger partial charge in [0.1, 0.15) is 0 Å². The second-order valence-electron chi connectivity index (χ2n) is 1.90. The fourth-order valence-corrected chi connectivity index (χ4v) is 1.10. The lowest BCUT2D eigenvalue weighted by molar-refractivity contribution is 0.465. The molecule has 0 saturated carbocycles. The molecule has 1 radical (unpaired) electrons. The molecule has 0 spiro atoms. The fraction of sp³-hybridized carbons (Fsp3) is 0.800. The van der Waals surface area contributed by atoms with Gasteiger partial charge in [-0.25, -0.2) is 4.42 Å². The SMILES string of the molecule is O=[C]C1CCCN1Cl. The molecule has 45 valence electrons. The second kappa shape index (κ2) is 2.46. The number of carbonyl (C=O) groups excluding carboxylic acids is 1. The molecule has 1 rings (SSSR count). The van der Waals surface area contributed by atoms with Crippen molar-refractivity contribution in [2.24, 2.45) is 0 Å². The van der Waals surface area contributed by atoms with Gasteiger partial charge in [0.2, 0.25) is 6.29 Å². The van der Waals surface area contributed by atoms with Crippen LogP contribution in [0.25, 0.3) is 0 Å². The topological polar surface area (TPSA) is 20.3 Å². The van der Waals surface area contributed by atoms with Gasteiger partial charge in [0, 0.05) is 6.54 Å². The lowest BCUT2D eigenvalue weighted by atomic mass is 10.2. The van der Waals surface area contributed by atoms with Crippen LogP contribution in [0.5, 0.6) is 0 Å². The minimum atomic E-state index is -0.142. The third-order valence-electron chi connectivity index (χ3n) is 1.32. The molecule has 8 heavy (non-hydrogen) atoms. The van der Waals surface area contributed by atoms with Crippen LogP contribution in [0.3, 0.4) is 0 Å². The van der Waals surface area contributed by atoms with Crippen LogP contribution in [0.15, 0.2) is 0 Å². The summed E-state index contributed by atoms with van der Waals surface area (Å²) in [5, 5.41) is 0. The highest BCUT2D eigenvalue weighted by Gasteiger charge is 2.22. The summed E-state index contributed by atoms with van der Waals surface area (Å²) in [7, 11) is 0. The van der Waals surface area contributed by atoms with Gasteiger partial charge in [-0.3, -0.25) is 4.79 Å². The molecule has 1 aliphatic rings. The van der Waals surface area contributed by atoms with E-state index in [4.69, 9.17) is 11.8 Å². The first kappa shape index (κ1) is 6.05. The molecule has 1 unspecified atom stereocenters. The van der Waals surface area contributed by atoms with Crippen molar-refractivity contribution in [3.8, 4) is 0 Å². The van der Waals surface area contributed by atoms with Crippen LogP contribution in [0, 0.1) is 0 Å². The van der Waals surface area contributed by atoms with Gasteiger partial charge in [0.25, 0.3) is 0 Å². The van der Waals surface area contributed by atoms with Gasteiger partial charge in [0.05, 0.1) is 6.04 Å². The van der Waals surface area contributed by atoms with Gasteiger partial charge in [-0.05, 0) is 24.6 Å². The van der Waals surface area contributed by atoms with E-state index in [9.17, 15) is 4.79 Å². The third kappa shape index (κ3) is 1.01. The summed E-state index contributed by atoms with van der Waals surface area (Å²) in [6, 6.07) is -0.142. The maximum atomic E-state index is 9.97. The molecule has 0 N–H and O–H groups in total. The summed E-state index contributed by atoms with van der Waals surface area (Å²) in [6.45, 7) is 0.821. The molecule has 0 aromatic rings. The Morgan fingerprint density at radius 3 is 2.75 bits per heavy atom. The fourth-order valence-electron chi connectivity index (χ4n) is 0.848. The van der Waals surface area contributed by atoms with Crippen molar-refractivity contribution in [1.29, 1.82) is 0 Å². The lowest BCUT2D eigenvalue weighted by Crippen LogP contribution is -2.20. The van der Waals surface area contributed by atoms with Crippen molar-refractivity contribution in [2.45, 2.75) is 18.9 Å². The lowest BCUT2D eigenvalue weighted by Gasteiger charge is -2.05. The number of nitrogens with zero attached hydrogens (tertiary/aromatic N) is 1. The molecule has 0 bridgehead atoms. The normalized spacial score (nSPS) is 30.9. The Balaban J connectivity index is 2.41. The number of hydrogen-bond donors (Lipinski definition) is 0. The molecule has 1 atom stereocenters. The van der Waals surface area contributed by atoms with Crippen LogP contribution in [0.1, 0.15) is 12.8 Å². The Labute approximate surface area is 53.5 Å². The Hall–Kier alpha value is -0.0800. The van der Waals surface area contributed by atoms with E-state index in [0.717, 1.165) is 19.4 Å². The molecule has 0 aliphatic carbocycles. The first-order valence-corrected chi connectivity index (χ1v) is 2.98. The molecule has 0 aromatic heterocycles. The van der Waals surface area contributed by atoms with Gasteiger partial charge in [-0.1, -0.05) is 0 Å². The number of halogens is 1. The van der Waals surface area contributed by atoms with Gasteiger partial charge in [-0.15, -0.1) is 0 Å². The first-order chi connectivity index (χ1) is 3.84. The average molecular weight is 133 g/mol. The summed E-state index contributed by atoms with van der Waals surface area (Å²) in [5.74, 6) is 0. The molecule has 1 heterocycles. The van der Waals surface area contributed by atoms with Crippen LogP contribution >= 0.6 is 11.8 Å². The van der Waals surface area contributed by atoms with Crippen LogP contribution in [0.4, 0.5) is 0 Å². The van der Waals surface area contributed by atoms with Crippen LogP contribution in [-0.4, -0.2) is 23.3 Å². The number of hydrogen-bond acceptors (Lipinski definition) is 2. The molecule has 1 aliphatic heterocycles. The molecule has 1 fully saturated rings. The molecule has 2 nitrogen and oxygen atoms in total. The first-order valence-electron chi connectivity index (χ1n) is 2.64. The minimum absolute atomic E-state index is 0.142. The average Bonchev–Trinajstić information content (AvgIpc) is 2.14. The van der Waals surface area contributed by atoms with Crippen molar-refractivity contribution < 1.29 is 4.79 Å². The van der Waals surface area contributed by atoms with E-state index < -0.39 is 0 Å². The Morgan fingerprint density at radius 2 is 2.50 bits per heavy atom. The highest BCUT2D eigenvalue weighted by molar-refractivity contribution is 6.14. The molecular weight excluding hydrogens is 126 g/mol. The summed E-state index contributed by atoms with van der Waals surface area (Å²) >= 11 is 5.55. The zero-order chi connectivity index (χ0) is 5.98. The maximum Gasteiger partial charge on any atom is 0.218 e. The molecule has 0 amide bonds. The standard InChI is InChI=1S/C5H7ClNO/c6-7-3-1-2-5(7)4-8/h5H,1-3H2. The van der Waals surface area contributed by atoms with Crippen molar-refractivity contribution in [2.75, 3.05) is 6.54 Å². The van der Waals surface area contributed by atoms with Gasteiger partial charge in [0.15, 0.2) is 0 Å². The summed E-state index contributed by atoms with van der Waals surface area (Å²) in [4.78, 5) is 9.97. The predicted octanol–water partition coefficient (Wildman–Crippen LogP) is 0.714. The summed E-state index contributed by atoms with van der Waals surface area (Å²) in [5.41, 5.74) is 0. The van der Waals surface area contributed by atoms with Crippen molar-refractivity contribution in [1.82, 2.24) is 4.42 Å². The highest BCUT2D eigenvalue weighted by Crippen LogP contribution is 2.16. The van der Waals surface area contributed by atoms with Crippen molar-refractivity contribution in [3.63, 3.8) is 0 Å². The van der Waals surface area contributed by atoms with Crippen molar-refractivity contribution >= 4 is 18.1 Å². The maximum absolute atomic E-state index is 9.97. The van der Waals surface area contributed by atoms with E-state index >= 15 is 0 Å². The predicted molar refractivity (Wildman–Crippen MR) is 31.3 cm³/mol. The zero-order valence-corrected chi connectivity index (χ0v) is 5.19. The number of rotatable bonds is 1.